The largest absolute Gasteiger partial charge is 0.383 e. The van der Waals surface area contributed by atoms with Crippen molar-refractivity contribution in [2.24, 2.45) is 11.8 Å². The zero-order valence-corrected chi connectivity index (χ0v) is 12.2. The number of aliphatic hydroxyl groups excluding tert-OH is 1. The van der Waals surface area contributed by atoms with E-state index in [-0.39, 0.29) is 23.8 Å². The molecular formula is C13H26N2O3. The molecule has 0 aliphatic rings. The van der Waals surface area contributed by atoms with Gasteiger partial charge < -0.3 is 15.7 Å². The lowest BCUT2D eigenvalue weighted by Gasteiger charge is -2.25. The van der Waals surface area contributed by atoms with Crippen molar-refractivity contribution in [2.75, 3.05) is 0 Å². The fraction of sp³-hybridized carbons (Fsp3) is 0.846. The number of rotatable bonds is 6. The molecule has 0 spiro atoms. The van der Waals surface area contributed by atoms with Crippen LogP contribution in [0.2, 0.25) is 0 Å². The van der Waals surface area contributed by atoms with Crippen molar-refractivity contribution in [1.82, 2.24) is 10.6 Å². The summed E-state index contributed by atoms with van der Waals surface area (Å²) in [4.78, 5) is 23.7. The van der Waals surface area contributed by atoms with E-state index < -0.39 is 18.1 Å². The summed E-state index contributed by atoms with van der Waals surface area (Å²) in [6.45, 7) is 10.9. The molecule has 0 aromatic heterocycles. The van der Waals surface area contributed by atoms with Gasteiger partial charge in [-0.1, -0.05) is 27.7 Å². The van der Waals surface area contributed by atoms with E-state index in [9.17, 15) is 14.7 Å². The van der Waals surface area contributed by atoms with Gasteiger partial charge >= 0.3 is 0 Å². The number of hydrogen-bond donors (Lipinski definition) is 3. The normalized spacial score (nSPS) is 14.8. The molecule has 106 valence electrons. The lowest BCUT2D eigenvalue weighted by Crippen LogP contribution is -2.54. The molecule has 0 bridgehead atoms. The Labute approximate surface area is 109 Å². The lowest BCUT2D eigenvalue weighted by atomic mass is 10.0. The molecule has 5 nitrogen and oxygen atoms in total. The number of carbonyl (C=O) groups is 2. The van der Waals surface area contributed by atoms with Gasteiger partial charge in [0.05, 0.1) is 0 Å². The van der Waals surface area contributed by atoms with Gasteiger partial charge in [-0.2, -0.15) is 0 Å². The van der Waals surface area contributed by atoms with Crippen LogP contribution in [0.4, 0.5) is 0 Å². The van der Waals surface area contributed by atoms with Gasteiger partial charge in [-0.25, -0.2) is 0 Å². The molecule has 0 aromatic rings. The van der Waals surface area contributed by atoms with Crippen LogP contribution in [0.15, 0.2) is 0 Å². The SMILES string of the molecule is CC(C)NC(=O)[C@@H](NC(=O)[C@@H](O)C(C)C)C(C)C. The first-order valence-corrected chi connectivity index (χ1v) is 6.45. The standard InChI is InChI=1S/C13H26N2O3/c1-7(2)10(12(17)14-9(5)6)15-13(18)11(16)8(3)4/h7-11,16H,1-6H3,(H,14,17)(H,15,18)/t10-,11-/m0/s1. The maximum absolute atomic E-state index is 11.9. The zero-order chi connectivity index (χ0) is 14.5. The van der Waals surface area contributed by atoms with Gasteiger partial charge in [0.25, 0.3) is 0 Å². The molecule has 0 fully saturated rings. The second-order valence-electron chi connectivity index (χ2n) is 5.58. The predicted octanol–water partition coefficient (Wildman–Crippen LogP) is 0.669. The number of carbonyl (C=O) groups excluding carboxylic acids is 2. The molecule has 2 atom stereocenters. The molecule has 0 aromatic carbocycles. The van der Waals surface area contributed by atoms with Gasteiger partial charge in [0, 0.05) is 6.04 Å². The Hall–Kier alpha value is -1.10. The summed E-state index contributed by atoms with van der Waals surface area (Å²) in [6.07, 6.45) is -1.09. The van der Waals surface area contributed by atoms with Gasteiger partial charge in [0.1, 0.15) is 12.1 Å². The molecule has 2 amide bonds. The van der Waals surface area contributed by atoms with Gasteiger partial charge in [-0.3, -0.25) is 9.59 Å². The first-order chi connectivity index (χ1) is 8.16. The van der Waals surface area contributed by atoms with Crippen LogP contribution in [0.3, 0.4) is 0 Å². The average molecular weight is 258 g/mol. The quantitative estimate of drug-likeness (QED) is 0.655. The lowest BCUT2D eigenvalue weighted by molar-refractivity contribution is -0.136. The Morgan fingerprint density at radius 3 is 1.67 bits per heavy atom. The molecule has 5 heteroatoms. The first-order valence-electron chi connectivity index (χ1n) is 6.45. The number of aliphatic hydroxyl groups is 1. The summed E-state index contributed by atoms with van der Waals surface area (Å²) >= 11 is 0. The van der Waals surface area contributed by atoms with Crippen LogP contribution in [-0.4, -0.2) is 35.1 Å². The zero-order valence-electron chi connectivity index (χ0n) is 12.2. The molecule has 0 aliphatic heterocycles. The number of nitrogens with one attached hydrogen (secondary N) is 2. The fourth-order valence-electron chi connectivity index (χ4n) is 1.45. The molecule has 0 heterocycles. The highest BCUT2D eigenvalue weighted by Gasteiger charge is 2.28. The van der Waals surface area contributed by atoms with Gasteiger partial charge in [0.2, 0.25) is 11.8 Å². The smallest absolute Gasteiger partial charge is 0.249 e. The van der Waals surface area contributed by atoms with Crippen molar-refractivity contribution in [3.8, 4) is 0 Å². The van der Waals surface area contributed by atoms with Crippen molar-refractivity contribution in [3.63, 3.8) is 0 Å². The average Bonchev–Trinajstić information content (AvgIpc) is 2.22. The molecule has 3 N–H and O–H groups in total. The molecule has 0 saturated carbocycles. The van der Waals surface area contributed by atoms with Crippen molar-refractivity contribution in [1.29, 1.82) is 0 Å². The van der Waals surface area contributed by atoms with Gasteiger partial charge in [0.15, 0.2) is 0 Å². The Balaban J connectivity index is 4.64. The van der Waals surface area contributed by atoms with Crippen LogP contribution < -0.4 is 10.6 Å². The van der Waals surface area contributed by atoms with E-state index in [4.69, 9.17) is 0 Å². The third-order valence-corrected chi connectivity index (χ3v) is 2.58. The van der Waals surface area contributed by atoms with E-state index in [0.717, 1.165) is 0 Å². The molecule has 0 aliphatic carbocycles. The molecular weight excluding hydrogens is 232 g/mol. The van der Waals surface area contributed by atoms with Gasteiger partial charge in [-0.15, -0.1) is 0 Å². The molecule has 0 rings (SSSR count). The third-order valence-electron chi connectivity index (χ3n) is 2.58. The van der Waals surface area contributed by atoms with E-state index in [1.165, 1.54) is 0 Å². The van der Waals surface area contributed by atoms with Crippen molar-refractivity contribution in [2.45, 2.75) is 59.7 Å². The molecule has 18 heavy (non-hydrogen) atoms. The monoisotopic (exact) mass is 258 g/mol. The summed E-state index contributed by atoms with van der Waals surface area (Å²) in [5.74, 6) is -0.926. The highest BCUT2D eigenvalue weighted by molar-refractivity contribution is 5.89. The summed E-state index contributed by atoms with van der Waals surface area (Å²) in [7, 11) is 0. The topological polar surface area (TPSA) is 78.4 Å². The molecule has 0 unspecified atom stereocenters. The molecule has 0 radical (unpaired) electrons. The minimum absolute atomic E-state index is 0.0191. The Morgan fingerprint density at radius 1 is 0.833 bits per heavy atom. The third kappa shape index (κ3) is 5.49. The highest BCUT2D eigenvalue weighted by Crippen LogP contribution is 2.06. The maximum Gasteiger partial charge on any atom is 0.249 e. The van der Waals surface area contributed by atoms with Crippen LogP contribution in [0.25, 0.3) is 0 Å². The molecule has 0 saturated heterocycles. The Bertz CT molecular complexity index is 288. The van der Waals surface area contributed by atoms with Crippen LogP contribution in [-0.2, 0) is 9.59 Å². The van der Waals surface area contributed by atoms with Crippen molar-refractivity contribution in [3.05, 3.63) is 0 Å². The Kier molecular flexibility index (Phi) is 6.91. The second-order valence-corrected chi connectivity index (χ2v) is 5.58. The van der Waals surface area contributed by atoms with E-state index in [1.807, 2.05) is 27.7 Å². The van der Waals surface area contributed by atoms with Crippen molar-refractivity contribution >= 4 is 11.8 Å². The maximum atomic E-state index is 11.9. The van der Waals surface area contributed by atoms with Crippen LogP contribution in [0.5, 0.6) is 0 Å². The Morgan fingerprint density at radius 2 is 1.33 bits per heavy atom. The van der Waals surface area contributed by atoms with E-state index in [2.05, 4.69) is 10.6 Å². The summed E-state index contributed by atoms with van der Waals surface area (Å²) in [5.41, 5.74) is 0. The number of amides is 2. The predicted molar refractivity (Wildman–Crippen MR) is 70.9 cm³/mol. The minimum Gasteiger partial charge on any atom is -0.383 e. The van der Waals surface area contributed by atoms with Crippen LogP contribution in [0, 0.1) is 11.8 Å². The first kappa shape index (κ1) is 16.9. The van der Waals surface area contributed by atoms with Crippen molar-refractivity contribution < 1.29 is 14.7 Å². The van der Waals surface area contributed by atoms with E-state index in [0.29, 0.717) is 0 Å². The second kappa shape index (κ2) is 7.36. The summed E-state index contributed by atoms with van der Waals surface area (Å²) in [5, 5.41) is 15.0. The fourth-order valence-corrected chi connectivity index (χ4v) is 1.45. The minimum atomic E-state index is -1.09. The highest BCUT2D eigenvalue weighted by atomic mass is 16.3. The van der Waals surface area contributed by atoms with E-state index in [1.54, 1.807) is 13.8 Å². The van der Waals surface area contributed by atoms with Crippen LogP contribution in [0.1, 0.15) is 41.5 Å². The number of hydrogen-bond acceptors (Lipinski definition) is 3. The van der Waals surface area contributed by atoms with E-state index >= 15 is 0 Å². The van der Waals surface area contributed by atoms with Crippen LogP contribution >= 0.6 is 0 Å². The van der Waals surface area contributed by atoms with Gasteiger partial charge in [-0.05, 0) is 25.7 Å². The summed E-state index contributed by atoms with van der Waals surface area (Å²) in [6, 6.07) is -0.598. The summed E-state index contributed by atoms with van der Waals surface area (Å²) < 4.78 is 0.